The Morgan fingerprint density at radius 3 is 2.69 bits per heavy atom. The van der Waals surface area contributed by atoms with E-state index in [9.17, 15) is 0 Å². The maximum Gasteiger partial charge on any atom is 0.119 e. The number of aryl methyl sites for hydroxylation is 1. The Morgan fingerprint density at radius 1 is 1.31 bits per heavy atom. The maximum absolute atomic E-state index is 5.90. The van der Waals surface area contributed by atoms with Crippen molar-refractivity contribution < 1.29 is 4.74 Å². The zero-order valence-electron chi connectivity index (χ0n) is 10.4. The predicted molar refractivity (Wildman–Crippen MR) is 66.9 cm³/mol. The molecule has 1 aliphatic carbocycles. The Hall–Kier alpha value is -1.02. The summed E-state index contributed by atoms with van der Waals surface area (Å²) >= 11 is 0. The third-order valence-corrected chi connectivity index (χ3v) is 2.96. The molecule has 0 aromatic heterocycles. The molecular weight excluding hydrogens is 198 g/mol. The van der Waals surface area contributed by atoms with Crippen LogP contribution >= 0.6 is 0 Å². The van der Waals surface area contributed by atoms with Crippen molar-refractivity contribution in [2.24, 2.45) is 0 Å². The first kappa shape index (κ1) is 11.5. The lowest BCUT2D eigenvalue weighted by molar-refractivity contribution is 0.0815. The van der Waals surface area contributed by atoms with Crippen LogP contribution in [0.4, 0.5) is 0 Å². The largest absolute Gasteiger partial charge is 0.490 e. The van der Waals surface area contributed by atoms with Crippen molar-refractivity contribution in [1.82, 2.24) is 5.32 Å². The lowest BCUT2D eigenvalue weighted by Crippen LogP contribution is -2.49. The zero-order chi connectivity index (χ0) is 11.5. The normalized spacial score (nSPS) is 24.2. The van der Waals surface area contributed by atoms with E-state index in [0.717, 1.165) is 18.6 Å². The summed E-state index contributed by atoms with van der Waals surface area (Å²) in [6.45, 7) is 6.47. The first-order valence-electron chi connectivity index (χ1n) is 6.13. The number of nitrogens with one attached hydrogen (secondary N) is 1. The molecule has 0 heterocycles. The first-order chi connectivity index (χ1) is 7.63. The third-order valence-electron chi connectivity index (χ3n) is 2.96. The topological polar surface area (TPSA) is 21.3 Å². The summed E-state index contributed by atoms with van der Waals surface area (Å²) in [5.41, 5.74) is 1.26. The van der Waals surface area contributed by atoms with Gasteiger partial charge in [-0.1, -0.05) is 26.0 Å². The molecule has 1 aliphatic rings. The fourth-order valence-corrected chi connectivity index (χ4v) is 2.15. The van der Waals surface area contributed by atoms with Crippen LogP contribution in [0.15, 0.2) is 24.3 Å². The van der Waals surface area contributed by atoms with Crippen LogP contribution in [-0.2, 0) is 0 Å². The summed E-state index contributed by atoms with van der Waals surface area (Å²) in [7, 11) is 0. The Bertz CT molecular complexity index is 342. The standard InChI is InChI=1S/C14H21NO/c1-10(2)15-12-8-14(9-12)16-13-6-4-5-11(3)7-13/h4-7,10,12,14-15H,8-9H2,1-3H3/t12-,14-. The number of benzene rings is 1. The van der Waals surface area contributed by atoms with Crippen molar-refractivity contribution in [3.63, 3.8) is 0 Å². The van der Waals surface area contributed by atoms with E-state index in [4.69, 9.17) is 4.74 Å². The van der Waals surface area contributed by atoms with Crippen molar-refractivity contribution in [2.45, 2.75) is 51.8 Å². The molecule has 2 nitrogen and oxygen atoms in total. The van der Waals surface area contributed by atoms with Gasteiger partial charge in [-0.2, -0.15) is 0 Å². The Kier molecular flexibility index (Phi) is 3.49. The highest BCUT2D eigenvalue weighted by Crippen LogP contribution is 2.26. The molecule has 1 aromatic rings. The van der Waals surface area contributed by atoms with Gasteiger partial charge in [0.2, 0.25) is 0 Å². The van der Waals surface area contributed by atoms with E-state index < -0.39 is 0 Å². The van der Waals surface area contributed by atoms with Gasteiger partial charge in [0.1, 0.15) is 11.9 Å². The predicted octanol–water partition coefficient (Wildman–Crippen LogP) is 2.90. The van der Waals surface area contributed by atoms with Gasteiger partial charge >= 0.3 is 0 Å². The molecule has 0 unspecified atom stereocenters. The SMILES string of the molecule is Cc1cccc(O[C@H]2C[C@H](NC(C)C)C2)c1. The molecule has 2 rings (SSSR count). The minimum Gasteiger partial charge on any atom is -0.490 e. The highest BCUT2D eigenvalue weighted by Gasteiger charge is 2.30. The Morgan fingerprint density at radius 2 is 2.06 bits per heavy atom. The molecule has 1 N–H and O–H groups in total. The van der Waals surface area contributed by atoms with Gasteiger partial charge in [0.15, 0.2) is 0 Å². The highest BCUT2D eigenvalue weighted by atomic mass is 16.5. The van der Waals surface area contributed by atoms with Crippen molar-refractivity contribution in [3.8, 4) is 5.75 Å². The molecule has 0 bridgehead atoms. The van der Waals surface area contributed by atoms with Crippen LogP contribution in [0.5, 0.6) is 5.75 Å². The van der Waals surface area contributed by atoms with Crippen molar-refractivity contribution in [3.05, 3.63) is 29.8 Å². The average Bonchev–Trinajstić information content (AvgIpc) is 2.14. The monoisotopic (exact) mass is 219 g/mol. The second-order valence-corrected chi connectivity index (χ2v) is 5.05. The van der Waals surface area contributed by atoms with Gasteiger partial charge in [-0.25, -0.2) is 0 Å². The molecule has 0 radical (unpaired) electrons. The van der Waals surface area contributed by atoms with Crippen LogP contribution in [0.25, 0.3) is 0 Å². The second-order valence-electron chi connectivity index (χ2n) is 5.05. The van der Waals surface area contributed by atoms with Gasteiger partial charge in [-0.05, 0) is 37.5 Å². The molecule has 0 spiro atoms. The van der Waals surface area contributed by atoms with Crippen molar-refractivity contribution in [2.75, 3.05) is 0 Å². The van der Waals surface area contributed by atoms with E-state index in [2.05, 4.69) is 38.2 Å². The summed E-state index contributed by atoms with van der Waals surface area (Å²) < 4.78 is 5.90. The summed E-state index contributed by atoms with van der Waals surface area (Å²) in [6, 6.07) is 9.50. The molecule has 88 valence electrons. The van der Waals surface area contributed by atoms with Gasteiger partial charge in [0.05, 0.1) is 0 Å². The molecule has 1 fully saturated rings. The summed E-state index contributed by atoms with van der Waals surface area (Å²) in [4.78, 5) is 0. The Balaban J connectivity index is 1.77. The molecule has 0 amide bonds. The van der Waals surface area contributed by atoms with Crippen LogP contribution in [-0.4, -0.2) is 18.2 Å². The number of hydrogen-bond donors (Lipinski definition) is 1. The molecule has 0 aliphatic heterocycles. The molecule has 16 heavy (non-hydrogen) atoms. The van der Waals surface area contributed by atoms with Crippen molar-refractivity contribution in [1.29, 1.82) is 0 Å². The molecule has 1 saturated carbocycles. The van der Waals surface area contributed by atoms with Crippen LogP contribution < -0.4 is 10.1 Å². The minimum atomic E-state index is 0.401. The third kappa shape index (κ3) is 2.99. The number of hydrogen-bond acceptors (Lipinski definition) is 2. The molecule has 0 atom stereocenters. The van der Waals surface area contributed by atoms with Crippen LogP contribution in [0.2, 0.25) is 0 Å². The Labute approximate surface area is 98.0 Å². The molecule has 0 saturated heterocycles. The van der Waals surface area contributed by atoms with Crippen LogP contribution in [0.3, 0.4) is 0 Å². The maximum atomic E-state index is 5.90. The fraction of sp³-hybridized carbons (Fsp3) is 0.571. The van der Waals surface area contributed by atoms with Crippen LogP contribution in [0, 0.1) is 6.92 Å². The molecular formula is C14H21NO. The summed E-state index contributed by atoms with van der Waals surface area (Å²) in [6.07, 6.45) is 2.66. The zero-order valence-corrected chi connectivity index (χ0v) is 10.4. The van der Waals surface area contributed by atoms with E-state index in [0.29, 0.717) is 18.2 Å². The van der Waals surface area contributed by atoms with E-state index in [-0.39, 0.29) is 0 Å². The minimum absolute atomic E-state index is 0.401. The lowest BCUT2D eigenvalue weighted by atomic mass is 9.88. The highest BCUT2D eigenvalue weighted by molar-refractivity contribution is 5.27. The van der Waals surface area contributed by atoms with Gasteiger partial charge in [0, 0.05) is 12.1 Å². The van der Waals surface area contributed by atoms with Gasteiger partial charge in [-0.15, -0.1) is 0 Å². The van der Waals surface area contributed by atoms with Gasteiger partial charge < -0.3 is 10.1 Å². The van der Waals surface area contributed by atoms with E-state index in [1.165, 1.54) is 5.56 Å². The van der Waals surface area contributed by atoms with E-state index >= 15 is 0 Å². The lowest BCUT2D eigenvalue weighted by Gasteiger charge is -2.37. The molecule has 1 aromatic carbocycles. The quantitative estimate of drug-likeness (QED) is 0.840. The first-order valence-corrected chi connectivity index (χ1v) is 6.13. The van der Waals surface area contributed by atoms with E-state index in [1.54, 1.807) is 0 Å². The molecule has 2 heteroatoms. The van der Waals surface area contributed by atoms with Crippen molar-refractivity contribution >= 4 is 0 Å². The average molecular weight is 219 g/mol. The summed E-state index contributed by atoms with van der Waals surface area (Å²) in [5.74, 6) is 1.01. The second kappa shape index (κ2) is 4.88. The smallest absolute Gasteiger partial charge is 0.119 e. The van der Waals surface area contributed by atoms with Crippen LogP contribution in [0.1, 0.15) is 32.3 Å². The van der Waals surface area contributed by atoms with Gasteiger partial charge in [0.25, 0.3) is 0 Å². The van der Waals surface area contributed by atoms with E-state index in [1.807, 2.05) is 12.1 Å². The summed E-state index contributed by atoms with van der Waals surface area (Å²) in [5, 5.41) is 3.53. The fourth-order valence-electron chi connectivity index (χ4n) is 2.15. The van der Waals surface area contributed by atoms with Gasteiger partial charge in [-0.3, -0.25) is 0 Å². The number of rotatable bonds is 4. The number of ether oxygens (including phenoxy) is 1.